The van der Waals surface area contributed by atoms with Gasteiger partial charge in [0, 0.05) is 38.6 Å². The Morgan fingerprint density at radius 2 is 1.66 bits per heavy atom. The van der Waals surface area contributed by atoms with Crippen molar-refractivity contribution in [2.24, 2.45) is 0 Å². The Bertz CT molecular complexity index is 1500. The Labute approximate surface area is 230 Å². The fraction of sp³-hybridized carbons (Fsp3) is 0.385. The molecule has 0 amide bonds. The largest absolute Gasteiger partial charge is 0.418 e. The molecular formula is C26H25F6N9. The maximum absolute atomic E-state index is 14.2. The zero-order valence-corrected chi connectivity index (χ0v) is 21.8. The molecule has 1 aliphatic heterocycles. The highest BCUT2D eigenvalue weighted by Crippen LogP contribution is 2.37. The van der Waals surface area contributed by atoms with Crippen LogP contribution in [0, 0.1) is 0 Å². The first-order valence-corrected chi connectivity index (χ1v) is 12.9. The summed E-state index contributed by atoms with van der Waals surface area (Å²) in [5.74, 6) is 0.238. The van der Waals surface area contributed by atoms with Gasteiger partial charge >= 0.3 is 12.4 Å². The van der Waals surface area contributed by atoms with Crippen molar-refractivity contribution < 1.29 is 26.3 Å². The van der Waals surface area contributed by atoms with Crippen LogP contribution >= 0.6 is 0 Å². The molecule has 0 atom stereocenters. The first-order chi connectivity index (χ1) is 19.5. The Kier molecular flexibility index (Phi) is 7.89. The van der Waals surface area contributed by atoms with Crippen molar-refractivity contribution in [2.75, 3.05) is 42.9 Å². The third-order valence-electron chi connectivity index (χ3n) is 6.65. The van der Waals surface area contributed by atoms with E-state index in [0.717, 1.165) is 56.9 Å². The van der Waals surface area contributed by atoms with Gasteiger partial charge in [0.1, 0.15) is 22.7 Å². The molecule has 4 aromatic rings. The van der Waals surface area contributed by atoms with Crippen LogP contribution in [0.15, 0.2) is 42.9 Å². The van der Waals surface area contributed by atoms with Crippen LogP contribution in [0.2, 0.25) is 0 Å². The summed E-state index contributed by atoms with van der Waals surface area (Å²) in [5, 5.41) is 10.8. The smallest absolute Gasteiger partial charge is 0.353 e. The van der Waals surface area contributed by atoms with Crippen molar-refractivity contribution >= 4 is 28.5 Å². The average molecular weight is 578 g/mol. The van der Waals surface area contributed by atoms with Crippen molar-refractivity contribution in [3.05, 3.63) is 54.0 Å². The minimum absolute atomic E-state index is 0.00149. The molecule has 1 saturated heterocycles. The Balaban J connectivity index is 1.41. The lowest BCUT2D eigenvalue weighted by Crippen LogP contribution is -2.47. The van der Waals surface area contributed by atoms with Gasteiger partial charge in [-0.05, 0) is 37.2 Å². The van der Waals surface area contributed by atoms with Gasteiger partial charge in [0.25, 0.3) is 0 Å². The number of anilines is 3. The second-order valence-electron chi connectivity index (χ2n) is 9.49. The van der Waals surface area contributed by atoms with Gasteiger partial charge in [-0.25, -0.2) is 19.9 Å². The molecule has 1 fully saturated rings. The number of nitrogens with zero attached hydrogens (tertiary/aromatic N) is 8. The molecule has 0 spiro atoms. The van der Waals surface area contributed by atoms with Gasteiger partial charge in [0.15, 0.2) is 11.5 Å². The number of unbranched alkanes of at least 4 members (excludes halogenated alkanes) is 1. The van der Waals surface area contributed by atoms with Gasteiger partial charge in [-0.2, -0.15) is 26.3 Å². The van der Waals surface area contributed by atoms with Crippen molar-refractivity contribution in [3.8, 4) is 11.4 Å². The Hall–Kier alpha value is -4.14. The van der Waals surface area contributed by atoms with E-state index in [1.54, 1.807) is 4.90 Å². The maximum atomic E-state index is 14.2. The second-order valence-corrected chi connectivity index (χ2v) is 9.49. The quantitative estimate of drug-likeness (QED) is 0.283. The number of aromatic nitrogens is 6. The highest BCUT2D eigenvalue weighted by Gasteiger charge is 2.37. The number of alkyl halides is 6. The molecule has 5 rings (SSSR count). The summed E-state index contributed by atoms with van der Waals surface area (Å²) in [7, 11) is 0. The minimum Gasteiger partial charge on any atom is -0.353 e. The molecule has 0 saturated carbocycles. The third kappa shape index (κ3) is 6.45. The summed E-state index contributed by atoms with van der Waals surface area (Å²) in [6.45, 7) is 5.60. The summed E-state index contributed by atoms with van der Waals surface area (Å²) in [6, 6.07) is 4.50. The molecule has 0 radical (unpaired) electrons. The van der Waals surface area contributed by atoms with Crippen LogP contribution in [0.5, 0.6) is 0 Å². The topological polar surface area (TPSA) is 95.8 Å². The monoisotopic (exact) mass is 577 g/mol. The van der Waals surface area contributed by atoms with Crippen LogP contribution in [0.3, 0.4) is 0 Å². The highest BCUT2D eigenvalue weighted by molar-refractivity contribution is 5.87. The van der Waals surface area contributed by atoms with Crippen LogP contribution in [-0.4, -0.2) is 67.8 Å². The maximum Gasteiger partial charge on any atom is 0.418 e. The number of fused-ring (bicyclic) bond motifs is 1. The SMILES string of the molecule is CCCCN1CCN(c2cc(C(F)(F)F)c(-c3cnc4c(Nc5ccc(C(F)(F)F)cn5)ccnc4n3)nn2)CC1. The second kappa shape index (κ2) is 11.4. The van der Waals surface area contributed by atoms with Crippen LogP contribution in [-0.2, 0) is 12.4 Å². The molecule has 41 heavy (non-hydrogen) atoms. The number of hydrogen-bond acceptors (Lipinski definition) is 9. The Morgan fingerprint density at radius 1 is 0.878 bits per heavy atom. The van der Waals surface area contributed by atoms with E-state index in [1.807, 2.05) is 0 Å². The van der Waals surface area contributed by atoms with Gasteiger partial charge in [-0.1, -0.05) is 13.3 Å². The molecule has 9 nitrogen and oxygen atoms in total. The zero-order valence-electron chi connectivity index (χ0n) is 21.8. The number of nitrogens with one attached hydrogen (secondary N) is 1. The standard InChI is InChI=1S/C26H25F6N9/c1-2-3-8-40-9-11-41(12-10-40)21-13-17(26(30,31)32)22(39-38-21)19-15-35-23-18(6-7-33-24(23)37-19)36-20-5-4-16(14-34-20)25(27,28)29/h4-7,13-15H,2-3,8-12H2,1H3,(H,33,34,36,37). The number of piperazine rings is 1. The number of rotatable bonds is 7. The van der Waals surface area contributed by atoms with Crippen molar-refractivity contribution in [3.63, 3.8) is 0 Å². The van der Waals surface area contributed by atoms with E-state index in [9.17, 15) is 26.3 Å². The fourth-order valence-electron chi connectivity index (χ4n) is 4.43. The lowest BCUT2D eigenvalue weighted by atomic mass is 10.1. The molecule has 0 bridgehead atoms. The lowest BCUT2D eigenvalue weighted by Gasteiger charge is -2.35. The predicted octanol–water partition coefficient (Wildman–Crippen LogP) is 5.58. The van der Waals surface area contributed by atoms with Gasteiger partial charge in [-0.15, -0.1) is 10.2 Å². The molecule has 0 unspecified atom stereocenters. The number of hydrogen-bond donors (Lipinski definition) is 1. The van der Waals surface area contributed by atoms with E-state index in [2.05, 4.69) is 47.3 Å². The van der Waals surface area contributed by atoms with Crippen molar-refractivity contribution in [1.82, 2.24) is 35.0 Å². The van der Waals surface area contributed by atoms with E-state index in [0.29, 0.717) is 25.0 Å². The van der Waals surface area contributed by atoms with Crippen LogP contribution in [0.4, 0.5) is 43.7 Å². The molecule has 1 aliphatic rings. The van der Waals surface area contributed by atoms with Crippen LogP contribution in [0.1, 0.15) is 30.9 Å². The normalized spacial score (nSPS) is 15.0. The first-order valence-electron chi connectivity index (χ1n) is 12.9. The fourth-order valence-corrected chi connectivity index (χ4v) is 4.43. The number of pyridine rings is 2. The lowest BCUT2D eigenvalue weighted by molar-refractivity contribution is -0.138. The van der Waals surface area contributed by atoms with Gasteiger partial charge in [-0.3, -0.25) is 4.90 Å². The minimum atomic E-state index is -4.73. The summed E-state index contributed by atoms with van der Waals surface area (Å²) in [5.41, 5.74) is -2.08. The molecular weight excluding hydrogens is 552 g/mol. The van der Waals surface area contributed by atoms with Crippen molar-refractivity contribution in [1.29, 1.82) is 0 Å². The highest BCUT2D eigenvalue weighted by atomic mass is 19.4. The summed E-state index contributed by atoms with van der Waals surface area (Å²) >= 11 is 0. The van der Waals surface area contributed by atoms with E-state index in [-0.39, 0.29) is 28.5 Å². The first kappa shape index (κ1) is 28.4. The zero-order chi connectivity index (χ0) is 29.2. The summed E-state index contributed by atoms with van der Waals surface area (Å²) in [4.78, 5) is 20.4. The average Bonchev–Trinajstić information content (AvgIpc) is 2.95. The van der Waals surface area contributed by atoms with Gasteiger partial charge < -0.3 is 10.2 Å². The molecule has 4 aromatic heterocycles. The summed E-state index contributed by atoms with van der Waals surface area (Å²) < 4.78 is 81.0. The van der Waals surface area contributed by atoms with Crippen LogP contribution in [0.25, 0.3) is 22.6 Å². The van der Waals surface area contributed by atoms with Gasteiger partial charge in [0.2, 0.25) is 0 Å². The molecule has 1 N–H and O–H groups in total. The van der Waals surface area contributed by atoms with Crippen molar-refractivity contribution in [2.45, 2.75) is 32.1 Å². The van der Waals surface area contributed by atoms with E-state index < -0.39 is 29.2 Å². The van der Waals surface area contributed by atoms with E-state index in [1.165, 1.54) is 12.3 Å². The molecule has 15 heteroatoms. The van der Waals surface area contributed by atoms with Crippen LogP contribution < -0.4 is 10.2 Å². The third-order valence-corrected chi connectivity index (χ3v) is 6.65. The summed E-state index contributed by atoms with van der Waals surface area (Å²) in [6.07, 6.45) is -3.97. The van der Waals surface area contributed by atoms with Gasteiger partial charge in [0.05, 0.1) is 23.0 Å². The van der Waals surface area contributed by atoms with E-state index in [4.69, 9.17) is 0 Å². The number of halogens is 6. The predicted molar refractivity (Wildman–Crippen MR) is 139 cm³/mol. The molecule has 0 aromatic carbocycles. The van der Waals surface area contributed by atoms with E-state index >= 15 is 0 Å². The molecule has 5 heterocycles. The molecule has 216 valence electrons. The Morgan fingerprint density at radius 3 is 2.32 bits per heavy atom. The molecule has 0 aliphatic carbocycles.